The third kappa shape index (κ3) is 2.55. The molecule has 1 saturated carbocycles. The van der Waals surface area contributed by atoms with E-state index in [0.717, 1.165) is 49.1 Å². The molecule has 1 aliphatic rings. The van der Waals surface area contributed by atoms with Crippen LogP contribution in [0, 0.1) is 12.8 Å². The van der Waals surface area contributed by atoms with E-state index in [2.05, 4.69) is 21.5 Å². The Balaban J connectivity index is 1.64. The van der Waals surface area contributed by atoms with Crippen LogP contribution in [0.5, 0.6) is 0 Å². The van der Waals surface area contributed by atoms with Gasteiger partial charge in [0.15, 0.2) is 5.65 Å². The highest BCUT2D eigenvalue weighted by molar-refractivity contribution is 5.78. The second-order valence-electron chi connectivity index (χ2n) is 5.81. The molecule has 2 N–H and O–H groups in total. The van der Waals surface area contributed by atoms with Crippen molar-refractivity contribution in [3.63, 3.8) is 0 Å². The molecule has 2 unspecified atom stereocenters. The Hall–Kier alpha value is -1.46. The maximum atomic E-state index is 9.80. The molecule has 0 aliphatic heterocycles. The number of rotatable bonds is 4. The first-order chi connectivity index (χ1) is 9.65. The molecule has 3 rings (SSSR count). The van der Waals surface area contributed by atoms with Gasteiger partial charge in [0.1, 0.15) is 0 Å². The van der Waals surface area contributed by atoms with Gasteiger partial charge in [-0.3, -0.25) is 4.68 Å². The zero-order chi connectivity index (χ0) is 14.1. The van der Waals surface area contributed by atoms with Gasteiger partial charge >= 0.3 is 0 Å². The second-order valence-corrected chi connectivity index (χ2v) is 5.81. The van der Waals surface area contributed by atoms with Gasteiger partial charge in [0.2, 0.25) is 0 Å². The molecule has 2 aromatic rings. The average Bonchev–Trinajstić information content (AvgIpc) is 2.95. The van der Waals surface area contributed by atoms with E-state index in [0.29, 0.717) is 5.92 Å². The molecule has 0 amide bonds. The van der Waals surface area contributed by atoms with Gasteiger partial charge in [-0.05, 0) is 37.3 Å². The molecular formula is C15H22N4O. The molecule has 0 radical (unpaired) electrons. The van der Waals surface area contributed by atoms with Crippen molar-refractivity contribution < 1.29 is 5.11 Å². The number of hydrogen-bond acceptors (Lipinski definition) is 4. The molecule has 0 aromatic carbocycles. The maximum Gasteiger partial charge on any atom is 0.157 e. The van der Waals surface area contributed by atoms with Crippen LogP contribution in [-0.4, -0.2) is 32.5 Å². The Morgan fingerprint density at radius 3 is 3.05 bits per heavy atom. The monoisotopic (exact) mass is 274 g/mol. The molecule has 1 fully saturated rings. The highest BCUT2D eigenvalue weighted by atomic mass is 16.3. The van der Waals surface area contributed by atoms with Gasteiger partial charge in [0.05, 0.1) is 11.8 Å². The summed E-state index contributed by atoms with van der Waals surface area (Å²) < 4.78 is 1.82. The first kappa shape index (κ1) is 13.5. The number of pyridine rings is 1. The van der Waals surface area contributed by atoms with Crippen LogP contribution >= 0.6 is 0 Å². The Kier molecular flexibility index (Phi) is 3.72. The van der Waals surface area contributed by atoms with E-state index in [1.165, 1.54) is 5.56 Å². The lowest BCUT2D eigenvalue weighted by molar-refractivity contribution is 0.131. The molecule has 5 nitrogen and oxygen atoms in total. The van der Waals surface area contributed by atoms with Crippen LogP contribution in [0.15, 0.2) is 12.3 Å². The van der Waals surface area contributed by atoms with Crippen molar-refractivity contribution >= 4 is 11.0 Å². The zero-order valence-electron chi connectivity index (χ0n) is 12.1. The average molecular weight is 274 g/mol. The van der Waals surface area contributed by atoms with Crippen LogP contribution < -0.4 is 5.32 Å². The number of fused-ring (bicyclic) bond motifs is 1. The van der Waals surface area contributed by atoms with Crippen molar-refractivity contribution in [1.29, 1.82) is 0 Å². The number of aliphatic hydroxyl groups excluding tert-OH is 1. The summed E-state index contributed by atoms with van der Waals surface area (Å²) in [5, 5.41) is 18.7. The fraction of sp³-hybridized carbons (Fsp3) is 0.600. The Labute approximate surface area is 119 Å². The molecule has 1 aliphatic carbocycles. The minimum absolute atomic E-state index is 0.122. The largest absolute Gasteiger partial charge is 0.393 e. The van der Waals surface area contributed by atoms with Crippen molar-refractivity contribution in [3.05, 3.63) is 23.5 Å². The van der Waals surface area contributed by atoms with E-state index in [1.807, 2.05) is 24.9 Å². The summed E-state index contributed by atoms with van der Waals surface area (Å²) in [7, 11) is 1.92. The molecular weight excluding hydrogens is 252 g/mol. The first-order valence-electron chi connectivity index (χ1n) is 7.32. The topological polar surface area (TPSA) is 63.0 Å². The van der Waals surface area contributed by atoms with Gasteiger partial charge in [-0.15, -0.1) is 0 Å². The Morgan fingerprint density at radius 1 is 1.45 bits per heavy atom. The maximum absolute atomic E-state index is 9.80. The molecule has 0 saturated heterocycles. The van der Waals surface area contributed by atoms with E-state index in [4.69, 9.17) is 0 Å². The third-order valence-corrected chi connectivity index (χ3v) is 4.27. The van der Waals surface area contributed by atoms with Crippen LogP contribution in [0.1, 0.15) is 30.5 Å². The summed E-state index contributed by atoms with van der Waals surface area (Å²) in [6.07, 6.45) is 5.02. The zero-order valence-corrected chi connectivity index (χ0v) is 12.1. The molecule has 0 spiro atoms. The number of nitrogens with zero attached hydrogens (tertiary/aromatic N) is 3. The fourth-order valence-electron chi connectivity index (χ4n) is 3.11. The van der Waals surface area contributed by atoms with Crippen molar-refractivity contribution in [1.82, 2.24) is 20.1 Å². The van der Waals surface area contributed by atoms with Gasteiger partial charge in [-0.2, -0.15) is 5.10 Å². The predicted molar refractivity (Wildman–Crippen MR) is 78.3 cm³/mol. The van der Waals surface area contributed by atoms with Crippen LogP contribution in [0.4, 0.5) is 0 Å². The normalized spacial score (nSPS) is 22.8. The molecule has 2 atom stereocenters. The Bertz CT molecular complexity index is 607. The lowest BCUT2D eigenvalue weighted by atomic mass is 10.1. The fourth-order valence-corrected chi connectivity index (χ4v) is 3.11. The third-order valence-electron chi connectivity index (χ3n) is 4.27. The van der Waals surface area contributed by atoms with Crippen LogP contribution in [-0.2, 0) is 13.6 Å². The lowest BCUT2D eigenvalue weighted by Crippen LogP contribution is -2.27. The summed E-state index contributed by atoms with van der Waals surface area (Å²) in [5.41, 5.74) is 3.11. The van der Waals surface area contributed by atoms with Gasteiger partial charge in [-0.25, -0.2) is 4.98 Å². The first-order valence-corrected chi connectivity index (χ1v) is 7.32. The standard InChI is InChI=1S/C15H22N4O/c1-10-13-6-11(8-17-15(13)19(2)18-10)7-16-9-12-4-3-5-14(12)20/h6,8,12,14,16,20H,3-5,7,9H2,1-2H3. The summed E-state index contributed by atoms with van der Waals surface area (Å²) in [5.74, 6) is 0.409. The van der Waals surface area contributed by atoms with E-state index >= 15 is 0 Å². The smallest absolute Gasteiger partial charge is 0.157 e. The quantitative estimate of drug-likeness (QED) is 0.887. The van der Waals surface area contributed by atoms with Crippen LogP contribution in [0.3, 0.4) is 0 Å². The van der Waals surface area contributed by atoms with E-state index < -0.39 is 0 Å². The Morgan fingerprint density at radius 2 is 2.30 bits per heavy atom. The van der Waals surface area contributed by atoms with Gasteiger partial charge in [0.25, 0.3) is 0 Å². The molecule has 108 valence electrons. The summed E-state index contributed by atoms with van der Waals surface area (Å²) in [6.45, 7) is 3.68. The van der Waals surface area contributed by atoms with Gasteiger partial charge in [0, 0.05) is 31.7 Å². The summed E-state index contributed by atoms with van der Waals surface area (Å²) in [4.78, 5) is 4.48. The van der Waals surface area contributed by atoms with Crippen molar-refractivity contribution in [2.45, 2.75) is 38.8 Å². The molecule has 0 bridgehead atoms. The molecule has 20 heavy (non-hydrogen) atoms. The van der Waals surface area contributed by atoms with E-state index in [1.54, 1.807) is 0 Å². The number of aryl methyl sites for hydroxylation is 2. The summed E-state index contributed by atoms with van der Waals surface area (Å²) in [6, 6.07) is 2.16. The van der Waals surface area contributed by atoms with Crippen molar-refractivity contribution in [3.8, 4) is 0 Å². The van der Waals surface area contributed by atoms with Crippen LogP contribution in [0.2, 0.25) is 0 Å². The number of hydrogen-bond donors (Lipinski definition) is 2. The van der Waals surface area contributed by atoms with Gasteiger partial charge in [-0.1, -0.05) is 6.42 Å². The van der Waals surface area contributed by atoms with Crippen LogP contribution in [0.25, 0.3) is 11.0 Å². The van der Waals surface area contributed by atoms with Crippen molar-refractivity contribution in [2.75, 3.05) is 6.54 Å². The highest BCUT2D eigenvalue weighted by Crippen LogP contribution is 2.24. The second kappa shape index (κ2) is 5.50. The van der Waals surface area contributed by atoms with E-state index in [-0.39, 0.29) is 6.10 Å². The van der Waals surface area contributed by atoms with E-state index in [9.17, 15) is 5.11 Å². The summed E-state index contributed by atoms with van der Waals surface area (Å²) >= 11 is 0. The molecule has 2 heterocycles. The number of nitrogens with one attached hydrogen (secondary N) is 1. The number of aliphatic hydroxyl groups is 1. The molecule has 5 heteroatoms. The highest BCUT2D eigenvalue weighted by Gasteiger charge is 2.24. The molecule has 2 aromatic heterocycles. The minimum Gasteiger partial charge on any atom is -0.393 e. The SMILES string of the molecule is Cc1nn(C)c2ncc(CNCC3CCCC3O)cc12. The van der Waals surface area contributed by atoms with Gasteiger partial charge < -0.3 is 10.4 Å². The lowest BCUT2D eigenvalue weighted by Gasteiger charge is -2.15. The predicted octanol–water partition coefficient (Wildman–Crippen LogP) is 1.53. The minimum atomic E-state index is -0.122. The number of aromatic nitrogens is 3. The van der Waals surface area contributed by atoms with Crippen molar-refractivity contribution in [2.24, 2.45) is 13.0 Å².